The van der Waals surface area contributed by atoms with Crippen molar-refractivity contribution in [3.8, 4) is 0 Å². The second-order valence-corrected chi connectivity index (χ2v) is 11.2. The molecule has 1 amide bonds. The molecular formula is C26H40N2O3S. The van der Waals surface area contributed by atoms with Crippen LogP contribution in [0.25, 0.3) is 0 Å². The van der Waals surface area contributed by atoms with E-state index in [0.717, 1.165) is 42.4 Å². The van der Waals surface area contributed by atoms with E-state index in [0.29, 0.717) is 17.4 Å². The van der Waals surface area contributed by atoms with Gasteiger partial charge in [-0.3, -0.25) is 4.79 Å². The first-order valence-corrected chi connectivity index (χ1v) is 13.3. The molecule has 0 spiro atoms. The maximum absolute atomic E-state index is 13.3. The Morgan fingerprint density at radius 3 is 2.09 bits per heavy atom. The predicted molar refractivity (Wildman–Crippen MR) is 133 cm³/mol. The zero-order valence-corrected chi connectivity index (χ0v) is 21.3. The van der Waals surface area contributed by atoms with Crippen molar-refractivity contribution >= 4 is 15.9 Å². The number of carbonyl (C=O) groups excluding carboxylic acids is 1. The smallest absolute Gasteiger partial charge is 0.241 e. The van der Waals surface area contributed by atoms with E-state index < -0.39 is 10.0 Å². The van der Waals surface area contributed by atoms with E-state index in [4.69, 9.17) is 0 Å². The van der Waals surface area contributed by atoms with Crippen molar-refractivity contribution in [2.75, 3.05) is 13.1 Å². The quantitative estimate of drug-likeness (QED) is 0.338. The summed E-state index contributed by atoms with van der Waals surface area (Å²) < 4.78 is 29.1. The van der Waals surface area contributed by atoms with Crippen LogP contribution in [0.15, 0.2) is 40.8 Å². The molecule has 0 atom stereocenters. The SMILES string of the molecule is CC(C)c1cc(C(C)C)c(S(=O)(=O)NCC(=O)NCCCC2=CCC=CC2)c(C(C)C)c1. The Morgan fingerprint density at radius 2 is 1.59 bits per heavy atom. The van der Waals surface area contributed by atoms with Gasteiger partial charge in [0.2, 0.25) is 15.9 Å². The molecule has 0 saturated heterocycles. The third kappa shape index (κ3) is 7.31. The molecule has 0 aliphatic heterocycles. The van der Waals surface area contributed by atoms with Gasteiger partial charge in [0.25, 0.3) is 0 Å². The van der Waals surface area contributed by atoms with Crippen molar-refractivity contribution in [2.24, 2.45) is 0 Å². The van der Waals surface area contributed by atoms with Gasteiger partial charge in [-0.25, -0.2) is 13.1 Å². The molecule has 1 aliphatic rings. The minimum atomic E-state index is -3.82. The lowest BCUT2D eigenvalue weighted by Crippen LogP contribution is -2.38. The summed E-state index contributed by atoms with van der Waals surface area (Å²) in [7, 11) is -3.82. The summed E-state index contributed by atoms with van der Waals surface area (Å²) in [4.78, 5) is 12.6. The van der Waals surface area contributed by atoms with E-state index in [9.17, 15) is 13.2 Å². The second kappa shape index (κ2) is 11.8. The van der Waals surface area contributed by atoms with Gasteiger partial charge in [0.15, 0.2) is 0 Å². The average Bonchev–Trinajstić information content (AvgIpc) is 2.75. The van der Waals surface area contributed by atoms with E-state index in [1.807, 2.05) is 39.8 Å². The summed E-state index contributed by atoms with van der Waals surface area (Å²) in [5.74, 6) is 0.106. The van der Waals surface area contributed by atoms with Crippen LogP contribution in [-0.2, 0) is 14.8 Å². The third-order valence-electron chi connectivity index (χ3n) is 5.86. The minimum absolute atomic E-state index is 0.0514. The lowest BCUT2D eigenvalue weighted by Gasteiger charge is -2.23. The van der Waals surface area contributed by atoms with Gasteiger partial charge in [-0.2, -0.15) is 0 Å². The zero-order chi connectivity index (χ0) is 23.9. The Hall–Kier alpha value is -1.92. The van der Waals surface area contributed by atoms with Gasteiger partial charge in [0.05, 0.1) is 11.4 Å². The Labute approximate surface area is 194 Å². The number of rotatable bonds is 11. The Balaban J connectivity index is 2.07. The molecule has 6 heteroatoms. The number of sulfonamides is 1. The van der Waals surface area contributed by atoms with Crippen molar-refractivity contribution < 1.29 is 13.2 Å². The lowest BCUT2D eigenvalue weighted by molar-refractivity contribution is -0.119. The number of carbonyl (C=O) groups is 1. The predicted octanol–water partition coefficient (Wildman–Crippen LogP) is 5.51. The van der Waals surface area contributed by atoms with Gasteiger partial charge in [-0.15, -0.1) is 0 Å². The molecule has 0 unspecified atom stereocenters. The largest absolute Gasteiger partial charge is 0.355 e. The zero-order valence-electron chi connectivity index (χ0n) is 20.5. The summed E-state index contributed by atoms with van der Waals surface area (Å²) >= 11 is 0. The van der Waals surface area contributed by atoms with Crippen molar-refractivity contribution in [2.45, 2.75) is 89.9 Å². The standard InChI is InChI=1S/C26H40N2O3S/c1-18(2)22-15-23(19(3)4)26(24(16-22)20(5)6)32(30,31)28-17-25(29)27-14-10-13-21-11-8-7-9-12-21/h7-8,12,15-16,18-20,28H,9-11,13-14,17H2,1-6H3,(H,27,29). The molecule has 1 aromatic carbocycles. The summed E-state index contributed by atoms with van der Waals surface area (Å²) in [5, 5.41) is 2.83. The number of nitrogens with one attached hydrogen (secondary N) is 2. The van der Waals surface area contributed by atoms with Crippen molar-refractivity contribution in [1.29, 1.82) is 0 Å². The highest BCUT2D eigenvalue weighted by molar-refractivity contribution is 7.89. The Kier molecular flexibility index (Phi) is 9.71. The number of amides is 1. The van der Waals surface area contributed by atoms with Crippen LogP contribution < -0.4 is 10.0 Å². The van der Waals surface area contributed by atoms with Gasteiger partial charge in [-0.05, 0) is 60.1 Å². The molecule has 0 bridgehead atoms. The fraction of sp³-hybridized carbons (Fsp3) is 0.577. The Morgan fingerprint density at radius 1 is 0.969 bits per heavy atom. The maximum Gasteiger partial charge on any atom is 0.241 e. The van der Waals surface area contributed by atoms with Crippen LogP contribution in [-0.4, -0.2) is 27.4 Å². The molecule has 1 aliphatic carbocycles. The van der Waals surface area contributed by atoms with Crippen LogP contribution in [0.4, 0.5) is 0 Å². The highest BCUT2D eigenvalue weighted by Gasteiger charge is 2.27. The second-order valence-electron chi connectivity index (χ2n) is 9.54. The third-order valence-corrected chi connectivity index (χ3v) is 7.39. The van der Waals surface area contributed by atoms with Crippen molar-refractivity contribution in [3.63, 3.8) is 0 Å². The van der Waals surface area contributed by atoms with E-state index in [2.05, 4.69) is 42.1 Å². The average molecular weight is 461 g/mol. The van der Waals surface area contributed by atoms with Crippen LogP contribution in [0.3, 0.4) is 0 Å². The summed E-state index contributed by atoms with van der Waals surface area (Å²) in [6.45, 7) is 12.5. The van der Waals surface area contributed by atoms with Crippen LogP contribution in [0, 0.1) is 0 Å². The monoisotopic (exact) mass is 460 g/mol. The summed E-state index contributed by atoms with van der Waals surface area (Å²) in [6, 6.07) is 4.01. The molecule has 0 heterocycles. The fourth-order valence-electron chi connectivity index (χ4n) is 3.89. The molecule has 0 saturated carbocycles. The molecule has 178 valence electrons. The molecular weight excluding hydrogens is 420 g/mol. The van der Waals surface area contributed by atoms with Gasteiger partial charge >= 0.3 is 0 Å². The molecule has 0 aromatic heterocycles. The topological polar surface area (TPSA) is 75.3 Å². The lowest BCUT2D eigenvalue weighted by atomic mass is 9.89. The minimum Gasteiger partial charge on any atom is -0.355 e. The van der Waals surface area contributed by atoms with Crippen LogP contribution in [0.5, 0.6) is 0 Å². The number of hydrogen-bond donors (Lipinski definition) is 2. The van der Waals surface area contributed by atoms with Crippen LogP contribution >= 0.6 is 0 Å². The maximum atomic E-state index is 13.3. The molecule has 5 nitrogen and oxygen atoms in total. The molecule has 0 fully saturated rings. The highest BCUT2D eigenvalue weighted by Crippen LogP contribution is 2.34. The fourth-order valence-corrected chi connectivity index (χ4v) is 5.57. The number of benzene rings is 1. The first kappa shape index (κ1) is 26.3. The van der Waals surface area contributed by atoms with Gasteiger partial charge < -0.3 is 5.32 Å². The molecule has 2 rings (SSSR count). The summed E-state index contributed by atoms with van der Waals surface area (Å²) in [6.07, 6.45) is 10.3. The van der Waals surface area contributed by atoms with Gasteiger partial charge in [-0.1, -0.05) is 77.5 Å². The van der Waals surface area contributed by atoms with E-state index in [1.54, 1.807) is 0 Å². The van der Waals surface area contributed by atoms with Crippen LogP contribution in [0.2, 0.25) is 0 Å². The summed E-state index contributed by atoms with van der Waals surface area (Å²) in [5.41, 5.74) is 4.15. The number of allylic oxidation sites excluding steroid dienone is 4. The first-order valence-electron chi connectivity index (χ1n) is 11.8. The van der Waals surface area contributed by atoms with E-state index >= 15 is 0 Å². The number of hydrogen-bond acceptors (Lipinski definition) is 3. The normalized spacial score (nSPS) is 14.3. The van der Waals surface area contributed by atoms with E-state index in [-0.39, 0.29) is 24.3 Å². The molecule has 0 radical (unpaired) electrons. The molecule has 1 aromatic rings. The first-order chi connectivity index (χ1) is 15.0. The van der Waals surface area contributed by atoms with Gasteiger partial charge in [0.1, 0.15) is 0 Å². The van der Waals surface area contributed by atoms with Crippen LogP contribution in [0.1, 0.15) is 102 Å². The Bertz CT molecular complexity index is 928. The molecule has 2 N–H and O–H groups in total. The van der Waals surface area contributed by atoms with Crippen molar-refractivity contribution in [1.82, 2.24) is 10.0 Å². The molecule has 32 heavy (non-hydrogen) atoms. The van der Waals surface area contributed by atoms with Gasteiger partial charge in [0, 0.05) is 6.54 Å². The van der Waals surface area contributed by atoms with E-state index in [1.165, 1.54) is 5.57 Å². The van der Waals surface area contributed by atoms with Crippen molar-refractivity contribution in [3.05, 3.63) is 52.6 Å². The highest BCUT2D eigenvalue weighted by atomic mass is 32.2.